The van der Waals surface area contributed by atoms with Crippen LogP contribution in [0.4, 0.5) is 0 Å². The number of primary amides is 1. The number of amides is 4. The van der Waals surface area contributed by atoms with Gasteiger partial charge in [-0.15, -0.1) is 0 Å². The zero-order valence-electron chi connectivity index (χ0n) is 17.1. The van der Waals surface area contributed by atoms with Gasteiger partial charge in [0.1, 0.15) is 18.1 Å². The van der Waals surface area contributed by atoms with Gasteiger partial charge in [-0.25, -0.2) is 4.79 Å². The van der Waals surface area contributed by atoms with E-state index in [4.69, 9.17) is 16.6 Å². The summed E-state index contributed by atoms with van der Waals surface area (Å²) in [4.78, 5) is 59.3. The zero-order chi connectivity index (χ0) is 22.7. The number of rotatable bonds is 13. The van der Waals surface area contributed by atoms with E-state index in [2.05, 4.69) is 16.0 Å². The summed E-state index contributed by atoms with van der Waals surface area (Å²) in [5, 5.41) is 16.4. The maximum Gasteiger partial charge on any atom is 0.326 e. The van der Waals surface area contributed by atoms with Gasteiger partial charge in [0.25, 0.3) is 0 Å². The van der Waals surface area contributed by atoms with Crippen LogP contribution in [-0.4, -0.2) is 70.9 Å². The maximum absolute atomic E-state index is 12.7. The largest absolute Gasteiger partial charge is 0.480 e. The molecule has 166 valence electrons. The van der Waals surface area contributed by atoms with Gasteiger partial charge in [0, 0.05) is 0 Å². The summed E-state index contributed by atoms with van der Waals surface area (Å²) in [6.45, 7) is 4.91. The van der Waals surface area contributed by atoms with Crippen molar-refractivity contribution in [1.82, 2.24) is 16.0 Å². The van der Waals surface area contributed by atoms with Crippen LogP contribution in [0.5, 0.6) is 0 Å². The van der Waals surface area contributed by atoms with Crippen molar-refractivity contribution in [2.45, 2.75) is 57.8 Å². The predicted molar refractivity (Wildman–Crippen MR) is 109 cm³/mol. The molecular weight excluding hydrogens is 402 g/mol. The molecule has 0 spiro atoms. The minimum absolute atomic E-state index is 0.216. The molecular formula is C17H31N5O6S. The van der Waals surface area contributed by atoms with Crippen LogP contribution in [0.15, 0.2) is 0 Å². The summed E-state index contributed by atoms with van der Waals surface area (Å²) in [7, 11) is 0. The van der Waals surface area contributed by atoms with Crippen LogP contribution in [0.25, 0.3) is 0 Å². The molecule has 0 aliphatic rings. The molecule has 4 unspecified atom stereocenters. The third-order valence-corrected chi connectivity index (χ3v) is 4.57. The summed E-state index contributed by atoms with van der Waals surface area (Å²) in [5.74, 6) is -3.97. The van der Waals surface area contributed by atoms with Gasteiger partial charge in [-0.05, 0) is 31.3 Å². The minimum atomic E-state index is -1.51. The standard InChI is InChI=1S/C17H31N5O6S/c1-8(2)13(22-14(24)9(3)18)16(26)20-10(5-6-29-4)15(25)21-11(17(27)28)7-12(19)23/h8-11,13H,5-7,18H2,1-4H3,(H2,19,23)(H,20,26)(H,21,25)(H,22,24)(H,27,28). The van der Waals surface area contributed by atoms with Gasteiger partial charge >= 0.3 is 5.97 Å². The van der Waals surface area contributed by atoms with Crippen molar-refractivity contribution in [1.29, 1.82) is 0 Å². The maximum atomic E-state index is 12.7. The van der Waals surface area contributed by atoms with Crippen LogP contribution in [-0.2, 0) is 24.0 Å². The van der Waals surface area contributed by atoms with E-state index in [0.717, 1.165) is 0 Å². The van der Waals surface area contributed by atoms with E-state index in [1.54, 1.807) is 13.8 Å². The Morgan fingerprint density at radius 1 is 0.931 bits per heavy atom. The monoisotopic (exact) mass is 433 g/mol. The average molecular weight is 434 g/mol. The summed E-state index contributed by atoms with van der Waals surface area (Å²) in [6.07, 6.45) is 1.45. The number of aliphatic carboxylic acids is 1. The lowest BCUT2D eigenvalue weighted by molar-refractivity contribution is -0.143. The highest BCUT2D eigenvalue weighted by Crippen LogP contribution is 2.07. The molecule has 0 radical (unpaired) electrons. The lowest BCUT2D eigenvalue weighted by Gasteiger charge is -2.26. The van der Waals surface area contributed by atoms with Gasteiger partial charge in [-0.1, -0.05) is 13.8 Å². The molecule has 0 saturated heterocycles. The summed E-state index contributed by atoms with van der Waals surface area (Å²) >= 11 is 1.43. The van der Waals surface area contributed by atoms with Crippen molar-refractivity contribution in [3.8, 4) is 0 Å². The van der Waals surface area contributed by atoms with Gasteiger partial charge in [-0.2, -0.15) is 11.8 Å². The Morgan fingerprint density at radius 2 is 1.48 bits per heavy atom. The van der Waals surface area contributed by atoms with Crippen LogP contribution in [0.1, 0.15) is 33.6 Å². The first-order chi connectivity index (χ1) is 13.4. The lowest BCUT2D eigenvalue weighted by atomic mass is 10.0. The smallest absolute Gasteiger partial charge is 0.326 e. The second-order valence-electron chi connectivity index (χ2n) is 6.93. The van der Waals surface area contributed by atoms with Crippen LogP contribution >= 0.6 is 11.8 Å². The zero-order valence-corrected chi connectivity index (χ0v) is 17.9. The molecule has 0 aliphatic carbocycles. The third-order valence-electron chi connectivity index (χ3n) is 3.92. The second-order valence-corrected chi connectivity index (χ2v) is 7.92. The minimum Gasteiger partial charge on any atom is -0.480 e. The van der Waals surface area contributed by atoms with Crippen molar-refractivity contribution in [2.75, 3.05) is 12.0 Å². The molecule has 0 aliphatic heterocycles. The van der Waals surface area contributed by atoms with E-state index in [1.807, 2.05) is 6.26 Å². The Morgan fingerprint density at radius 3 is 1.90 bits per heavy atom. The molecule has 0 heterocycles. The fourth-order valence-electron chi connectivity index (χ4n) is 2.26. The SMILES string of the molecule is CSCCC(NC(=O)C(NC(=O)C(C)N)C(C)C)C(=O)NC(CC(N)=O)C(=O)O. The Labute approximate surface area is 174 Å². The Balaban J connectivity index is 5.34. The van der Waals surface area contributed by atoms with E-state index in [-0.39, 0.29) is 12.3 Å². The number of carboxylic acid groups (broad SMARTS) is 1. The van der Waals surface area contributed by atoms with Crippen molar-refractivity contribution < 1.29 is 29.1 Å². The molecule has 11 nitrogen and oxygen atoms in total. The number of nitrogens with one attached hydrogen (secondary N) is 3. The van der Waals surface area contributed by atoms with Crippen molar-refractivity contribution in [3.05, 3.63) is 0 Å². The third kappa shape index (κ3) is 10.1. The fourth-order valence-corrected chi connectivity index (χ4v) is 2.73. The van der Waals surface area contributed by atoms with Gasteiger partial charge in [0.05, 0.1) is 12.5 Å². The highest BCUT2D eigenvalue weighted by molar-refractivity contribution is 7.98. The fraction of sp³-hybridized carbons (Fsp3) is 0.706. The number of hydrogen-bond acceptors (Lipinski definition) is 7. The molecule has 4 amide bonds. The summed E-state index contributed by atoms with van der Waals surface area (Å²) in [6, 6.07) is -4.31. The van der Waals surface area contributed by atoms with E-state index in [1.165, 1.54) is 18.7 Å². The summed E-state index contributed by atoms with van der Waals surface area (Å²) < 4.78 is 0. The number of carbonyl (C=O) groups excluding carboxylic acids is 4. The summed E-state index contributed by atoms with van der Waals surface area (Å²) in [5.41, 5.74) is 10.5. The van der Waals surface area contributed by atoms with Crippen LogP contribution < -0.4 is 27.4 Å². The Bertz CT molecular complexity index is 613. The van der Waals surface area contributed by atoms with E-state index in [0.29, 0.717) is 5.75 Å². The van der Waals surface area contributed by atoms with Crippen molar-refractivity contribution in [2.24, 2.45) is 17.4 Å². The molecule has 29 heavy (non-hydrogen) atoms. The van der Waals surface area contributed by atoms with E-state index >= 15 is 0 Å². The quantitative estimate of drug-likeness (QED) is 0.195. The van der Waals surface area contributed by atoms with Gasteiger partial charge in [-0.3, -0.25) is 19.2 Å². The number of thioether (sulfide) groups is 1. The number of carboxylic acids is 1. The van der Waals surface area contributed by atoms with Crippen LogP contribution in [0.3, 0.4) is 0 Å². The van der Waals surface area contributed by atoms with Crippen molar-refractivity contribution >= 4 is 41.4 Å². The lowest BCUT2D eigenvalue weighted by Crippen LogP contribution is -2.58. The Kier molecular flexibility index (Phi) is 11.9. The topological polar surface area (TPSA) is 194 Å². The number of nitrogens with two attached hydrogens (primary N) is 2. The highest BCUT2D eigenvalue weighted by Gasteiger charge is 2.31. The predicted octanol–water partition coefficient (Wildman–Crippen LogP) is -1.84. The van der Waals surface area contributed by atoms with E-state index in [9.17, 15) is 24.0 Å². The van der Waals surface area contributed by atoms with Gasteiger partial charge in [0.15, 0.2) is 0 Å². The molecule has 8 N–H and O–H groups in total. The van der Waals surface area contributed by atoms with Crippen LogP contribution in [0.2, 0.25) is 0 Å². The molecule has 12 heteroatoms. The second kappa shape index (κ2) is 13.0. The molecule has 0 aromatic carbocycles. The molecule has 0 aromatic heterocycles. The first-order valence-corrected chi connectivity index (χ1v) is 10.5. The van der Waals surface area contributed by atoms with Crippen LogP contribution in [0, 0.1) is 5.92 Å². The normalized spacial score (nSPS) is 15.0. The molecule has 0 aromatic rings. The first kappa shape index (κ1) is 26.7. The van der Waals surface area contributed by atoms with Crippen molar-refractivity contribution in [3.63, 3.8) is 0 Å². The molecule has 4 atom stereocenters. The Hall–Kier alpha value is -2.34. The molecule has 0 bridgehead atoms. The highest BCUT2D eigenvalue weighted by atomic mass is 32.2. The molecule has 0 fully saturated rings. The molecule has 0 rings (SSSR count). The van der Waals surface area contributed by atoms with E-state index < -0.39 is 60.2 Å². The molecule has 0 saturated carbocycles. The number of carbonyl (C=O) groups is 5. The van der Waals surface area contributed by atoms with Gasteiger partial charge < -0.3 is 32.5 Å². The van der Waals surface area contributed by atoms with Gasteiger partial charge in [0.2, 0.25) is 23.6 Å². The average Bonchev–Trinajstić information content (AvgIpc) is 2.60. The number of hydrogen-bond donors (Lipinski definition) is 6. The first-order valence-electron chi connectivity index (χ1n) is 9.07.